The Balaban J connectivity index is 2.03. The summed E-state index contributed by atoms with van der Waals surface area (Å²) in [6.45, 7) is 11.3. The Hall–Kier alpha value is -2.11. The summed E-state index contributed by atoms with van der Waals surface area (Å²) in [4.78, 5) is 31.3. The molecule has 196 valence electrons. The molecule has 0 radical (unpaired) electrons. The molecule has 8 heteroatoms. The molecule has 36 heavy (non-hydrogen) atoms. The van der Waals surface area contributed by atoms with Gasteiger partial charge in [-0.1, -0.05) is 76.9 Å². The predicted octanol–water partition coefficient (Wildman–Crippen LogP) is 6.24. The van der Waals surface area contributed by atoms with Crippen LogP contribution in [0.2, 0.25) is 0 Å². The molecule has 1 aromatic heterocycles. The summed E-state index contributed by atoms with van der Waals surface area (Å²) in [5, 5.41) is 9.87. The molecule has 6 nitrogen and oxygen atoms in total. The van der Waals surface area contributed by atoms with Crippen LogP contribution in [0.1, 0.15) is 95.2 Å². The Labute approximate surface area is 225 Å². The predicted molar refractivity (Wildman–Crippen MR) is 154 cm³/mol. The third-order valence-electron chi connectivity index (χ3n) is 7.30. The van der Waals surface area contributed by atoms with Gasteiger partial charge in [0.1, 0.15) is 21.8 Å². The standard InChI is InChI=1S/C28H40N4O2S2/c1-5-7-9-10-11-15-32-27(34)24(36-28(32)35)18-22-21(4)23(19-29)26(33)31(14-8-6-2)25(22)30-16-12-20(3)13-17-30/h18,20H,5-17H2,1-4H3/b24-18+. The second-order valence-electron chi connectivity index (χ2n) is 10.1. The Bertz CT molecular complexity index is 1090. The first-order valence-corrected chi connectivity index (χ1v) is 14.7. The van der Waals surface area contributed by atoms with Crippen LogP contribution in [0.25, 0.3) is 6.08 Å². The van der Waals surface area contributed by atoms with Crippen LogP contribution >= 0.6 is 24.0 Å². The molecule has 0 spiro atoms. The normalized spacial score (nSPS) is 17.9. The average Bonchev–Trinajstić information content (AvgIpc) is 3.13. The van der Waals surface area contributed by atoms with Gasteiger partial charge in [0.15, 0.2) is 0 Å². The van der Waals surface area contributed by atoms with Gasteiger partial charge in [0, 0.05) is 31.7 Å². The van der Waals surface area contributed by atoms with Crippen molar-refractivity contribution in [3.63, 3.8) is 0 Å². The van der Waals surface area contributed by atoms with Crippen molar-refractivity contribution >= 4 is 46.1 Å². The van der Waals surface area contributed by atoms with E-state index in [1.807, 2.05) is 13.0 Å². The highest BCUT2D eigenvalue weighted by atomic mass is 32.2. The third-order valence-corrected chi connectivity index (χ3v) is 8.68. The van der Waals surface area contributed by atoms with Gasteiger partial charge >= 0.3 is 0 Å². The molecule has 2 aliphatic heterocycles. The zero-order valence-electron chi connectivity index (χ0n) is 22.3. The number of carbonyl (C=O) groups excluding carboxylic acids is 1. The van der Waals surface area contributed by atoms with Crippen LogP contribution in [0.5, 0.6) is 0 Å². The maximum Gasteiger partial charge on any atom is 0.270 e. The molecule has 0 aromatic carbocycles. The summed E-state index contributed by atoms with van der Waals surface area (Å²) < 4.78 is 2.37. The number of hydrogen-bond donors (Lipinski definition) is 0. The zero-order chi connectivity index (χ0) is 26.2. The van der Waals surface area contributed by atoms with Gasteiger partial charge in [0.2, 0.25) is 0 Å². The maximum atomic E-state index is 13.4. The number of carbonyl (C=O) groups is 1. The summed E-state index contributed by atoms with van der Waals surface area (Å²) in [6, 6.07) is 2.15. The van der Waals surface area contributed by atoms with Crippen molar-refractivity contribution in [3.05, 3.63) is 31.9 Å². The number of hydrogen-bond acceptors (Lipinski definition) is 6. The number of aromatic nitrogens is 1. The number of thiocarbonyl (C=S) groups is 1. The van der Waals surface area contributed by atoms with Gasteiger partial charge in [-0.25, -0.2) is 0 Å². The van der Waals surface area contributed by atoms with Crippen LogP contribution < -0.4 is 10.5 Å². The lowest BCUT2D eigenvalue weighted by Crippen LogP contribution is -2.39. The van der Waals surface area contributed by atoms with E-state index in [1.54, 1.807) is 9.47 Å². The van der Waals surface area contributed by atoms with E-state index < -0.39 is 0 Å². The van der Waals surface area contributed by atoms with E-state index in [0.29, 0.717) is 33.8 Å². The summed E-state index contributed by atoms with van der Waals surface area (Å²) in [5.41, 5.74) is 1.39. The maximum absolute atomic E-state index is 13.4. The van der Waals surface area contributed by atoms with Crippen LogP contribution in [-0.2, 0) is 11.3 Å². The van der Waals surface area contributed by atoms with Crippen molar-refractivity contribution in [3.8, 4) is 6.07 Å². The minimum absolute atomic E-state index is 0.0667. The van der Waals surface area contributed by atoms with Gasteiger partial charge in [-0.05, 0) is 50.2 Å². The number of nitrogens with zero attached hydrogens (tertiary/aromatic N) is 4. The minimum Gasteiger partial charge on any atom is -0.357 e. The minimum atomic E-state index is -0.228. The number of pyridine rings is 1. The third kappa shape index (κ3) is 6.41. The zero-order valence-corrected chi connectivity index (χ0v) is 23.9. The van der Waals surface area contributed by atoms with Gasteiger partial charge in [-0.3, -0.25) is 19.1 Å². The first-order valence-electron chi connectivity index (χ1n) is 13.5. The van der Waals surface area contributed by atoms with Crippen molar-refractivity contribution < 1.29 is 4.79 Å². The molecule has 2 fully saturated rings. The molecular formula is C28H40N4O2S2. The summed E-state index contributed by atoms with van der Waals surface area (Å²) in [7, 11) is 0. The van der Waals surface area contributed by atoms with Crippen molar-refractivity contribution in [2.24, 2.45) is 5.92 Å². The van der Waals surface area contributed by atoms with Crippen molar-refractivity contribution in [1.29, 1.82) is 5.26 Å². The van der Waals surface area contributed by atoms with Crippen molar-refractivity contribution in [1.82, 2.24) is 9.47 Å². The molecule has 1 aromatic rings. The lowest BCUT2D eigenvalue weighted by atomic mass is 9.97. The van der Waals surface area contributed by atoms with Gasteiger partial charge in [0.25, 0.3) is 11.5 Å². The second-order valence-corrected chi connectivity index (χ2v) is 11.8. The van der Waals surface area contributed by atoms with Gasteiger partial charge in [0.05, 0.1) is 4.91 Å². The first kappa shape index (κ1) is 28.5. The number of amides is 1. The molecule has 0 N–H and O–H groups in total. The molecule has 0 bridgehead atoms. The number of nitriles is 1. The Morgan fingerprint density at radius 2 is 1.72 bits per heavy atom. The smallest absolute Gasteiger partial charge is 0.270 e. The van der Waals surface area contributed by atoms with Gasteiger partial charge in [-0.15, -0.1) is 0 Å². The van der Waals surface area contributed by atoms with Crippen LogP contribution in [0.4, 0.5) is 5.82 Å². The van der Waals surface area contributed by atoms with E-state index in [0.717, 1.165) is 63.0 Å². The molecule has 0 aliphatic carbocycles. The van der Waals surface area contributed by atoms with E-state index >= 15 is 0 Å². The lowest BCUT2D eigenvalue weighted by molar-refractivity contribution is -0.122. The number of anilines is 1. The summed E-state index contributed by atoms with van der Waals surface area (Å²) in [5.74, 6) is 1.43. The van der Waals surface area contributed by atoms with E-state index in [2.05, 4.69) is 31.7 Å². The molecule has 1 amide bonds. The van der Waals surface area contributed by atoms with Crippen LogP contribution in [-0.4, -0.2) is 39.3 Å². The van der Waals surface area contributed by atoms with E-state index in [-0.39, 0.29) is 17.0 Å². The molecule has 3 rings (SSSR count). The fraction of sp³-hybridized carbons (Fsp3) is 0.643. The van der Waals surface area contributed by atoms with Gasteiger partial charge in [-0.2, -0.15) is 5.26 Å². The average molecular weight is 529 g/mol. The number of unbranched alkanes of at least 4 members (excludes halogenated alkanes) is 5. The van der Waals surface area contributed by atoms with E-state index in [1.165, 1.54) is 31.0 Å². The molecule has 2 saturated heterocycles. The second kappa shape index (κ2) is 13.4. The van der Waals surface area contributed by atoms with E-state index in [4.69, 9.17) is 12.2 Å². The van der Waals surface area contributed by atoms with Gasteiger partial charge < -0.3 is 4.90 Å². The topological polar surface area (TPSA) is 69.3 Å². The SMILES string of the molecule is CCCCCCCN1C(=O)/C(=C\c2c(C)c(C#N)c(=O)n(CCCC)c2N2CCC(C)CC2)SC1=S. The number of thioether (sulfide) groups is 1. The first-order chi connectivity index (χ1) is 17.3. The Morgan fingerprint density at radius 1 is 1.06 bits per heavy atom. The highest BCUT2D eigenvalue weighted by Crippen LogP contribution is 2.37. The number of piperidine rings is 1. The van der Waals surface area contributed by atoms with Crippen LogP contribution in [0, 0.1) is 24.2 Å². The molecule has 0 atom stereocenters. The van der Waals surface area contributed by atoms with Crippen molar-refractivity contribution in [2.75, 3.05) is 24.5 Å². The largest absolute Gasteiger partial charge is 0.357 e. The molecule has 0 unspecified atom stereocenters. The van der Waals surface area contributed by atoms with Crippen LogP contribution in [0.3, 0.4) is 0 Å². The molecule has 3 heterocycles. The fourth-order valence-electron chi connectivity index (χ4n) is 4.93. The fourth-order valence-corrected chi connectivity index (χ4v) is 6.22. The highest BCUT2D eigenvalue weighted by molar-refractivity contribution is 8.26. The highest BCUT2D eigenvalue weighted by Gasteiger charge is 2.33. The monoisotopic (exact) mass is 528 g/mol. The van der Waals surface area contributed by atoms with Crippen molar-refractivity contribution in [2.45, 2.75) is 92.0 Å². The van der Waals surface area contributed by atoms with Crippen LogP contribution in [0.15, 0.2) is 9.70 Å². The summed E-state index contributed by atoms with van der Waals surface area (Å²) in [6.07, 6.45) is 11.4. The Kier molecular flexibility index (Phi) is 10.6. The lowest BCUT2D eigenvalue weighted by Gasteiger charge is -2.35. The Morgan fingerprint density at radius 3 is 2.36 bits per heavy atom. The number of rotatable bonds is 11. The molecule has 0 saturated carbocycles. The van der Waals surface area contributed by atoms with E-state index in [9.17, 15) is 14.9 Å². The quantitative estimate of drug-likeness (QED) is 0.192. The molecule has 2 aliphatic rings. The summed E-state index contributed by atoms with van der Waals surface area (Å²) >= 11 is 6.91. The molecular weight excluding hydrogens is 488 g/mol.